The molecular weight excluding hydrogens is 329 g/mol. The summed E-state index contributed by atoms with van der Waals surface area (Å²) in [5.41, 5.74) is -0.948. The molecule has 0 N–H and O–H groups in total. The van der Waals surface area contributed by atoms with Crippen molar-refractivity contribution in [3.05, 3.63) is 29.8 Å². The summed E-state index contributed by atoms with van der Waals surface area (Å²) < 4.78 is 65.7. The molecule has 0 unspecified atom stereocenters. The summed E-state index contributed by atoms with van der Waals surface area (Å²) in [5, 5.41) is 0. The van der Waals surface area contributed by atoms with Crippen LogP contribution in [0.5, 0.6) is 0 Å². The Morgan fingerprint density at radius 3 is 2.13 bits per heavy atom. The first kappa shape index (κ1) is 16.7. The van der Waals surface area contributed by atoms with Crippen molar-refractivity contribution in [2.45, 2.75) is 36.4 Å². The van der Waals surface area contributed by atoms with E-state index in [9.17, 15) is 21.6 Å². The summed E-state index contributed by atoms with van der Waals surface area (Å²) in [6.45, 7) is 3.71. The molecule has 8 heteroatoms. The number of piperazine rings is 1. The number of hydrogen-bond donors (Lipinski definition) is 0. The second kappa shape index (κ2) is 5.46. The van der Waals surface area contributed by atoms with Gasteiger partial charge in [0.2, 0.25) is 10.0 Å². The van der Waals surface area contributed by atoms with E-state index in [4.69, 9.17) is 0 Å². The molecule has 0 atom stereocenters. The van der Waals surface area contributed by atoms with Crippen LogP contribution >= 0.6 is 0 Å². The van der Waals surface area contributed by atoms with E-state index in [2.05, 4.69) is 11.8 Å². The Balaban J connectivity index is 1.83. The van der Waals surface area contributed by atoms with Crippen molar-refractivity contribution in [3.63, 3.8) is 0 Å². The van der Waals surface area contributed by atoms with Gasteiger partial charge in [-0.25, -0.2) is 8.42 Å². The van der Waals surface area contributed by atoms with Gasteiger partial charge in [-0.2, -0.15) is 17.5 Å². The highest BCUT2D eigenvalue weighted by molar-refractivity contribution is 7.89. The van der Waals surface area contributed by atoms with Crippen LogP contribution in [0.3, 0.4) is 0 Å². The Labute approximate surface area is 133 Å². The molecule has 1 saturated heterocycles. The van der Waals surface area contributed by atoms with Gasteiger partial charge in [-0.15, -0.1) is 0 Å². The van der Waals surface area contributed by atoms with Gasteiger partial charge in [0.15, 0.2) is 0 Å². The molecule has 0 bridgehead atoms. The van der Waals surface area contributed by atoms with Crippen molar-refractivity contribution in [1.82, 2.24) is 9.21 Å². The van der Waals surface area contributed by atoms with E-state index in [1.165, 1.54) is 16.4 Å². The lowest BCUT2D eigenvalue weighted by Crippen LogP contribution is -2.52. The normalized spacial score (nSPS) is 23.0. The van der Waals surface area contributed by atoms with Gasteiger partial charge in [0.25, 0.3) is 0 Å². The second-order valence-electron chi connectivity index (χ2n) is 6.38. The highest BCUT2D eigenvalue weighted by Crippen LogP contribution is 2.42. The Kier molecular flexibility index (Phi) is 3.97. The average molecular weight is 348 g/mol. The summed E-state index contributed by atoms with van der Waals surface area (Å²) in [7, 11) is -4.14. The minimum Gasteiger partial charge on any atom is -0.295 e. The van der Waals surface area contributed by atoms with Gasteiger partial charge in [-0.3, -0.25) is 4.90 Å². The molecule has 2 aliphatic rings. The summed E-state index contributed by atoms with van der Waals surface area (Å²) in [6.07, 6.45) is -2.50. The molecule has 0 spiro atoms. The Morgan fingerprint density at radius 1 is 1.04 bits per heavy atom. The number of alkyl halides is 3. The van der Waals surface area contributed by atoms with Gasteiger partial charge in [-0.1, -0.05) is 12.1 Å². The smallest absolute Gasteiger partial charge is 0.295 e. The van der Waals surface area contributed by atoms with Crippen LogP contribution in [0.1, 0.15) is 25.3 Å². The van der Waals surface area contributed by atoms with Crippen LogP contribution < -0.4 is 0 Å². The minimum atomic E-state index is -4.69. The highest BCUT2D eigenvalue weighted by Gasteiger charge is 2.45. The largest absolute Gasteiger partial charge is 0.417 e. The standard InChI is InChI=1S/C15H19F3N2O2S/c1-14(6-7-14)19-8-10-20(11-9-19)23(21,22)13-5-3-2-4-12(13)15(16,17)18/h2-5H,6-11H2,1H3. The maximum absolute atomic E-state index is 13.1. The van der Waals surface area contributed by atoms with E-state index in [0.717, 1.165) is 25.0 Å². The molecule has 128 valence electrons. The zero-order valence-electron chi connectivity index (χ0n) is 12.8. The zero-order chi connectivity index (χ0) is 16.9. The predicted octanol–water partition coefficient (Wildman–Crippen LogP) is 2.56. The van der Waals surface area contributed by atoms with Crippen LogP contribution in [0, 0.1) is 0 Å². The van der Waals surface area contributed by atoms with Crippen molar-refractivity contribution in [2.24, 2.45) is 0 Å². The minimum absolute atomic E-state index is 0.153. The summed E-state index contributed by atoms with van der Waals surface area (Å²) >= 11 is 0. The van der Waals surface area contributed by atoms with Crippen LogP contribution in [-0.4, -0.2) is 49.3 Å². The van der Waals surface area contributed by atoms with Crippen LogP contribution in [0.4, 0.5) is 13.2 Å². The molecule has 3 rings (SSSR count). The van der Waals surface area contributed by atoms with Crippen LogP contribution in [0.2, 0.25) is 0 Å². The van der Waals surface area contributed by atoms with Crippen molar-refractivity contribution in [1.29, 1.82) is 0 Å². The van der Waals surface area contributed by atoms with E-state index in [-0.39, 0.29) is 18.6 Å². The third-order valence-electron chi connectivity index (χ3n) is 4.79. The second-order valence-corrected chi connectivity index (χ2v) is 8.29. The number of hydrogen-bond acceptors (Lipinski definition) is 3. The van der Waals surface area contributed by atoms with E-state index in [1.807, 2.05) is 0 Å². The number of nitrogens with zero attached hydrogens (tertiary/aromatic N) is 2. The molecule has 1 aliphatic carbocycles. The lowest BCUT2D eigenvalue weighted by molar-refractivity contribution is -0.139. The number of rotatable bonds is 3. The predicted molar refractivity (Wildman–Crippen MR) is 79.4 cm³/mol. The molecule has 2 fully saturated rings. The molecule has 1 aromatic carbocycles. The fraction of sp³-hybridized carbons (Fsp3) is 0.600. The molecule has 4 nitrogen and oxygen atoms in total. The van der Waals surface area contributed by atoms with Crippen molar-refractivity contribution < 1.29 is 21.6 Å². The lowest BCUT2D eigenvalue weighted by atomic mass is 10.2. The lowest BCUT2D eigenvalue weighted by Gasteiger charge is -2.38. The Morgan fingerprint density at radius 2 is 1.61 bits per heavy atom. The van der Waals surface area contributed by atoms with E-state index >= 15 is 0 Å². The van der Waals surface area contributed by atoms with E-state index < -0.39 is 26.7 Å². The topological polar surface area (TPSA) is 40.6 Å². The van der Waals surface area contributed by atoms with E-state index in [1.54, 1.807) is 0 Å². The average Bonchev–Trinajstić information content (AvgIpc) is 3.26. The molecular formula is C15H19F3N2O2S. The van der Waals surface area contributed by atoms with Gasteiger partial charge in [0, 0.05) is 31.7 Å². The van der Waals surface area contributed by atoms with Gasteiger partial charge < -0.3 is 0 Å². The molecule has 23 heavy (non-hydrogen) atoms. The molecule has 1 aliphatic heterocycles. The van der Waals surface area contributed by atoms with Crippen molar-refractivity contribution in [3.8, 4) is 0 Å². The fourth-order valence-corrected chi connectivity index (χ4v) is 4.66. The molecule has 0 aromatic heterocycles. The fourth-order valence-electron chi connectivity index (χ4n) is 3.03. The summed E-state index contributed by atoms with van der Waals surface area (Å²) in [4.78, 5) is 1.58. The Hall–Kier alpha value is -1.12. The Bertz CT molecular complexity index is 691. The maximum Gasteiger partial charge on any atom is 0.417 e. The van der Waals surface area contributed by atoms with Crippen molar-refractivity contribution in [2.75, 3.05) is 26.2 Å². The molecule has 0 amide bonds. The summed E-state index contributed by atoms with van der Waals surface area (Å²) in [6, 6.07) is 4.37. The van der Waals surface area contributed by atoms with Gasteiger partial charge in [-0.05, 0) is 31.9 Å². The van der Waals surface area contributed by atoms with Gasteiger partial charge in [0.05, 0.1) is 10.5 Å². The zero-order valence-corrected chi connectivity index (χ0v) is 13.6. The number of benzene rings is 1. The number of halogens is 3. The van der Waals surface area contributed by atoms with E-state index in [0.29, 0.717) is 13.1 Å². The SMILES string of the molecule is CC1(N2CCN(S(=O)(=O)c3ccccc3C(F)(F)F)CC2)CC1. The monoisotopic (exact) mass is 348 g/mol. The van der Waals surface area contributed by atoms with Crippen molar-refractivity contribution >= 4 is 10.0 Å². The first-order valence-electron chi connectivity index (χ1n) is 7.56. The molecule has 1 heterocycles. The maximum atomic E-state index is 13.1. The first-order valence-corrected chi connectivity index (χ1v) is 9.00. The number of sulfonamides is 1. The molecule has 1 aromatic rings. The summed E-state index contributed by atoms with van der Waals surface area (Å²) in [5.74, 6) is 0. The van der Waals surface area contributed by atoms with Crippen LogP contribution in [0.25, 0.3) is 0 Å². The third-order valence-corrected chi connectivity index (χ3v) is 6.74. The van der Waals surface area contributed by atoms with Gasteiger partial charge in [0.1, 0.15) is 0 Å². The molecule has 0 radical (unpaired) electrons. The first-order chi connectivity index (χ1) is 10.6. The highest BCUT2D eigenvalue weighted by atomic mass is 32.2. The van der Waals surface area contributed by atoms with Gasteiger partial charge >= 0.3 is 6.18 Å². The van der Waals surface area contributed by atoms with Crippen LogP contribution in [-0.2, 0) is 16.2 Å². The quantitative estimate of drug-likeness (QED) is 0.843. The molecule has 1 saturated carbocycles. The van der Waals surface area contributed by atoms with Crippen LogP contribution in [0.15, 0.2) is 29.2 Å². The third kappa shape index (κ3) is 3.12.